The highest BCUT2D eigenvalue weighted by Crippen LogP contribution is 2.24. The minimum atomic E-state index is -3.53. The molecule has 0 atom stereocenters. The SMILES string of the molecule is O=c1[nH]c(-c2cccc(S(=O)(=O)N3CCCCC3)c2)nc2ccccc12. The summed E-state index contributed by atoms with van der Waals surface area (Å²) in [5.41, 5.74) is 0.913. The molecular formula is C19H19N3O3S. The molecule has 4 rings (SSSR count). The molecule has 0 saturated carbocycles. The predicted molar refractivity (Wildman–Crippen MR) is 100 cm³/mol. The molecule has 0 radical (unpaired) electrons. The fourth-order valence-electron chi connectivity index (χ4n) is 3.28. The van der Waals surface area contributed by atoms with E-state index in [-0.39, 0.29) is 10.5 Å². The number of fused-ring (bicyclic) bond motifs is 1. The van der Waals surface area contributed by atoms with Gasteiger partial charge in [-0.1, -0.05) is 30.7 Å². The highest BCUT2D eigenvalue weighted by Gasteiger charge is 2.26. The standard InChI is InChI=1S/C19H19N3O3S/c23-19-16-9-2-3-10-17(16)20-18(21-19)14-7-6-8-15(13-14)26(24,25)22-11-4-1-5-12-22/h2-3,6-10,13H,1,4-5,11-12H2,(H,20,21,23). The fraction of sp³-hybridized carbons (Fsp3) is 0.263. The number of nitrogens with zero attached hydrogens (tertiary/aromatic N) is 2. The van der Waals surface area contributed by atoms with Crippen LogP contribution in [0.2, 0.25) is 0 Å². The molecule has 0 spiro atoms. The predicted octanol–water partition coefficient (Wildman–Crippen LogP) is 2.76. The average Bonchev–Trinajstić information content (AvgIpc) is 2.69. The number of nitrogens with one attached hydrogen (secondary N) is 1. The van der Waals surface area contributed by atoms with Crippen LogP contribution in [0.5, 0.6) is 0 Å². The Morgan fingerprint density at radius 1 is 0.962 bits per heavy atom. The molecule has 1 aromatic heterocycles. The van der Waals surface area contributed by atoms with Gasteiger partial charge in [0.1, 0.15) is 5.82 Å². The topological polar surface area (TPSA) is 83.1 Å². The molecular weight excluding hydrogens is 350 g/mol. The molecule has 0 amide bonds. The molecule has 1 fully saturated rings. The smallest absolute Gasteiger partial charge is 0.259 e. The summed E-state index contributed by atoms with van der Waals surface area (Å²) in [4.78, 5) is 19.7. The van der Waals surface area contributed by atoms with Crippen molar-refractivity contribution >= 4 is 20.9 Å². The van der Waals surface area contributed by atoms with Crippen LogP contribution in [-0.2, 0) is 10.0 Å². The van der Waals surface area contributed by atoms with Crippen molar-refractivity contribution < 1.29 is 8.42 Å². The molecule has 1 aliphatic rings. The van der Waals surface area contributed by atoms with E-state index in [0.29, 0.717) is 35.4 Å². The van der Waals surface area contributed by atoms with Crippen LogP contribution in [0.1, 0.15) is 19.3 Å². The third kappa shape index (κ3) is 3.04. The van der Waals surface area contributed by atoms with Crippen LogP contribution in [0.15, 0.2) is 58.2 Å². The van der Waals surface area contributed by atoms with E-state index in [1.54, 1.807) is 42.5 Å². The molecule has 26 heavy (non-hydrogen) atoms. The summed E-state index contributed by atoms with van der Waals surface area (Å²) in [6.07, 6.45) is 2.84. The molecule has 7 heteroatoms. The second kappa shape index (κ2) is 6.66. The Morgan fingerprint density at radius 3 is 2.54 bits per heavy atom. The molecule has 0 aliphatic carbocycles. The lowest BCUT2D eigenvalue weighted by atomic mass is 10.2. The van der Waals surface area contributed by atoms with Crippen LogP contribution in [-0.4, -0.2) is 35.8 Å². The van der Waals surface area contributed by atoms with E-state index in [0.717, 1.165) is 19.3 Å². The maximum Gasteiger partial charge on any atom is 0.259 e. The maximum absolute atomic E-state index is 12.9. The van der Waals surface area contributed by atoms with Gasteiger partial charge < -0.3 is 4.98 Å². The molecule has 1 N–H and O–H groups in total. The Kier molecular flexibility index (Phi) is 4.34. The first-order valence-corrected chi connectivity index (χ1v) is 10.1. The lowest BCUT2D eigenvalue weighted by molar-refractivity contribution is 0.346. The van der Waals surface area contributed by atoms with Gasteiger partial charge in [0, 0.05) is 18.7 Å². The van der Waals surface area contributed by atoms with Crippen LogP contribution in [0.25, 0.3) is 22.3 Å². The van der Waals surface area contributed by atoms with Gasteiger partial charge >= 0.3 is 0 Å². The van der Waals surface area contributed by atoms with Gasteiger partial charge in [-0.2, -0.15) is 4.31 Å². The summed E-state index contributed by atoms with van der Waals surface area (Å²) < 4.78 is 27.3. The van der Waals surface area contributed by atoms with Gasteiger partial charge in [0.15, 0.2) is 0 Å². The molecule has 6 nitrogen and oxygen atoms in total. The molecule has 1 aliphatic heterocycles. The van der Waals surface area contributed by atoms with E-state index < -0.39 is 10.0 Å². The molecule has 134 valence electrons. The number of piperidine rings is 1. The maximum atomic E-state index is 12.9. The van der Waals surface area contributed by atoms with E-state index in [9.17, 15) is 13.2 Å². The van der Waals surface area contributed by atoms with Crippen molar-refractivity contribution in [3.8, 4) is 11.4 Å². The Morgan fingerprint density at radius 2 is 1.73 bits per heavy atom. The summed E-state index contributed by atoms with van der Waals surface area (Å²) in [6, 6.07) is 13.7. The van der Waals surface area contributed by atoms with E-state index in [2.05, 4.69) is 9.97 Å². The van der Waals surface area contributed by atoms with Gasteiger partial charge in [-0.25, -0.2) is 13.4 Å². The lowest BCUT2D eigenvalue weighted by Crippen LogP contribution is -2.35. The number of aromatic nitrogens is 2. The van der Waals surface area contributed by atoms with Crippen LogP contribution >= 0.6 is 0 Å². The minimum Gasteiger partial charge on any atom is -0.306 e. The third-order valence-electron chi connectivity index (χ3n) is 4.67. The Balaban J connectivity index is 1.78. The van der Waals surface area contributed by atoms with Crippen molar-refractivity contribution in [2.24, 2.45) is 0 Å². The van der Waals surface area contributed by atoms with E-state index in [1.807, 2.05) is 6.07 Å². The second-order valence-electron chi connectivity index (χ2n) is 6.42. The number of H-pyrrole nitrogens is 1. The number of hydrogen-bond donors (Lipinski definition) is 1. The lowest BCUT2D eigenvalue weighted by Gasteiger charge is -2.26. The highest BCUT2D eigenvalue weighted by molar-refractivity contribution is 7.89. The normalized spacial score (nSPS) is 16.0. The van der Waals surface area contributed by atoms with Gasteiger partial charge in [-0.15, -0.1) is 0 Å². The van der Waals surface area contributed by atoms with Gasteiger partial charge in [-0.05, 0) is 37.1 Å². The van der Waals surface area contributed by atoms with E-state index in [1.165, 1.54) is 4.31 Å². The highest BCUT2D eigenvalue weighted by atomic mass is 32.2. The quantitative estimate of drug-likeness (QED) is 0.769. The van der Waals surface area contributed by atoms with Gasteiger partial charge in [0.2, 0.25) is 10.0 Å². The van der Waals surface area contributed by atoms with Crippen molar-refractivity contribution in [3.63, 3.8) is 0 Å². The zero-order chi connectivity index (χ0) is 18.1. The Hall–Kier alpha value is -2.51. The first-order chi connectivity index (χ1) is 12.6. The number of benzene rings is 2. The molecule has 2 aromatic carbocycles. The summed E-state index contributed by atoms with van der Waals surface area (Å²) in [7, 11) is -3.53. The van der Waals surface area contributed by atoms with Crippen LogP contribution < -0.4 is 5.56 Å². The molecule has 0 unspecified atom stereocenters. The Bertz CT molecular complexity index is 1120. The average molecular weight is 369 g/mol. The zero-order valence-electron chi connectivity index (χ0n) is 14.2. The van der Waals surface area contributed by atoms with Gasteiger partial charge in [-0.3, -0.25) is 4.79 Å². The molecule has 0 bridgehead atoms. The molecule has 2 heterocycles. The number of sulfonamides is 1. The van der Waals surface area contributed by atoms with Crippen molar-refractivity contribution in [1.82, 2.24) is 14.3 Å². The summed E-state index contributed by atoms with van der Waals surface area (Å²) in [6.45, 7) is 1.11. The first kappa shape index (κ1) is 16.9. The van der Waals surface area contributed by atoms with Crippen LogP contribution in [0.3, 0.4) is 0 Å². The summed E-state index contributed by atoms with van der Waals surface area (Å²) in [5, 5.41) is 0.508. The first-order valence-electron chi connectivity index (χ1n) is 8.65. The second-order valence-corrected chi connectivity index (χ2v) is 8.36. The fourth-order valence-corrected chi connectivity index (χ4v) is 4.84. The summed E-state index contributed by atoms with van der Waals surface area (Å²) in [5.74, 6) is 0.365. The van der Waals surface area contributed by atoms with Crippen molar-refractivity contribution in [2.75, 3.05) is 13.1 Å². The number of aromatic amines is 1. The zero-order valence-corrected chi connectivity index (χ0v) is 15.0. The van der Waals surface area contributed by atoms with Crippen LogP contribution in [0, 0.1) is 0 Å². The largest absolute Gasteiger partial charge is 0.306 e. The van der Waals surface area contributed by atoms with Gasteiger partial charge in [0.25, 0.3) is 5.56 Å². The van der Waals surface area contributed by atoms with Crippen molar-refractivity contribution in [3.05, 3.63) is 58.9 Å². The minimum absolute atomic E-state index is 0.229. The molecule has 3 aromatic rings. The van der Waals surface area contributed by atoms with E-state index in [4.69, 9.17) is 0 Å². The number of para-hydroxylation sites is 1. The molecule has 1 saturated heterocycles. The number of hydrogen-bond acceptors (Lipinski definition) is 4. The van der Waals surface area contributed by atoms with Crippen LogP contribution in [0.4, 0.5) is 0 Å². The monoisotopic (exact) mass is 369 g/mol. The van der Waals surface area contributed by atoms with E-state index >= 15 is 0 Å². The van der Waals surface area contributed by atoms with Gasteiger partial charge in [0.05, 0.1) is 15.8 Å². The number of rotatable bonds is 3. The van der Waals surface area contributed by atoms with Crippen molar-refractivity contribution in [1.29, 1.82) is 0 Å². The Labute approximate surface area is 151 Å². The summed E-state index contributed by atoms with van der Waals surface area (Å²) >= 11 is 0. The third-order valence-corrected chi connectivity index (χ3v) is 6.57. The van der Waals surface area contributed by atoms with Crippen molar-refractivity contribution in [2.45, 2.75) is 24.2 Å².